The fraction of sp³-hybridized carbons (Fsp3) is 1.00. The van der Waals surface area contributed by atoms with Crippen molar-refractivity contribution in [3.63, 3.8) is 0 Å². The number of hydrogen-bond donors (Lipinski definition) is 1. The van der Waals surface area contributed by atoms with Crippen molar-refractivity contribution in [1.82, 2.24) is 5.32 Å². The van der Waals surface area contributed by atoms with Crippen LogP contribution in [0.3, 0.4) is 0 Å². The van der Waals surface area contributed by atoms with Gasteiger partial charge >= 0.3 is 0 Å². The molecule has 0 spiro atoms. The second-order valence-corrected chi connectivity index (χ2v) is 4.96. The third-order valence-corrected chi connectivity index (χ3v) is 3.47. The zero-order chi connectivity index (χ0) is 10.2. The Hall–Kier alpha value is -0.0400. The van der Waals surface area contributed by atoms with E-state index in [4.69, 9.17) is 0 Å². The largest absolute Gasteiger partial charge is 0.314 e. The summed E-state index contributed by atoms with van der Waals surface area (Å²) < 4.78 is 0. The molecule has 0 saturated heterocycles. The van der Waals surface area contributed by atoms with Gasteiger partial charge in [0.05, 0.1) is 0 Å². The van der Waals surface area contributed by atoms with Crippen molar-refractivity contribution in [2.24, 2.45) is 5.92 Å². The van der Waals surface area contributed by atoms with E-state index in [2.05, 4.69) is 19.2 Å². The summed E-state index contributed by atoms with van der Waals surface area (Å²) in [6, 6.07) is 0.733. The summed E-state index contributed by atoms with van der Waals surface area (Å²) in [5.41, 5.74) is 0. The molecule has 0 heterocycles. The highest BCUT2D eigenvalue weighted by Crippen LogP contribution is 2.22. The van der Waals surface area contributed by atoms with Crippen LogP contribution in [0.5, 0.6) is 0 Å². The Morgan fingerprint density at radius 2 is 1.93 bits per heavy atom. The van der Waals surface area contributed by atoms with Crippen LogP contribution in [0.2, 0.25) is 0 Å². The molecule has 1 fully saturated rings. The summed E-state index contributed by atoms with van der Waals surface area (Å²) in [5, 5.41) is 3.69. The fourth-order valence-corrected chi connectivity index (χ4v) is 2.37. The Balaban J connectivity index is 2.00. The Labute approximate surface area is 89.7 Å². The van der Waals surface area contributed by atoms with Gasteiger partial charge in [-0.3, -0.25) is 0 Å². The van der Waals surface area contributed by atoms with Crippen molar-refractivity contribution in [2.75, 3.05) is 6.54 Å². The van der Waals surface area contributed by atoms with E-state index in [1.807, 2.05) is 0 Å². The predicted molar refractivity (Wildman–Crippen MR) is 63.6 cm³/mol. The number of hydrogen-bond acceptors (Lipinski definition) is 1. The van der Waals surface area contributed by atoms with E-state index in [1.165, 1.54) is 57.9 Å². The molecule has 1 saturated carbocycles. The average Bonchev–Trinajstić information content (AvgIpc) is 2.25. The summed E-state index contributed by atoms with van der Waals surface area (Å²) >= 11 is 0. The van der Waals surface area contributed by atoms with Gasteiger partial charge in [0.25, 0.3) is 0 Å². The zero-order valence-electron chi connectivity index (χ0n) is 10.0. The average molecular weight is 197 g/mol. The summed E-state index contributed by atoms with van der Waals surface area (Å²) in [5.74, 6) is 0.979. The van der Waals surface area contributed by atoms with Crippen LogP contribution in [-0.4, -0.2) is 12.6 Å². The maximum atomic E-state index is 3.69. The lowest BCUT2D eigenvalue weighted by Crippen LogP contribution is -2.31. The maximum Gasteiger partial charge on any atom is 0.00388 e. The SMILES string of the molecule is CCCC[C@@H](C)NCC1CCCCC1. The Morgan fingerprint density at radius 1 is 1.21 bits per heavy atom. The molecule has 1 rings (SSSR count). The number of unbranched alkanes of at least 4 members (excludes halogenated alkanes) is 1. The van der Waals surface area contributed by atoms with E-state index in [-0.39, 0.29) is 0 Å². The van der Waals surface area contributed by atoms with Crippen LogP contribution in [0, 0.1) is 5.92 Å². The first kappa shape index (κ1) is 12.0. The topological polar surface area (TPSA) is 12.0 Å². The fourth-order valence-electron chi connectivity index (χ4n) is 2.37. The highest BCUT2D eigenvalue weighted by atomic mass is 14.9. The maximum absolute atomic E-state index is 3.69. The zero-order valence-corrected chi connectivity index (χ0v) is 10.0. The van der Waals surface area contributed by atoms with E-state index in [9.17, 15) is 0 Å². The molecule has 0 unspecified atom stereocenters. The third kappa shape index (κ3) is 4.99. The molecule has 1 atom stereocenters. The van der Waals surface area contributed by atoms with Gasteiger partial charge in [-0.05, 0) is 38.6 Å². The van der Waals surface area contributed by atoms with Crippen LogP contribution in [-0.2, 0) is 0 Å². The van der Waals surface area contributed by atoms with Crippen molar-refractivity contribution < 1.29 is 0 Å². The molecule has 1 nitrogen and oxygen atoms in total. The van der Waals surface area contributed by atoms with E-state index < -0.39 is 0 Å². The van der Waals surface area contributed by atoms with Crippen LogP contribution >= 0.6 is 0 Å². The van der Waals surface area contributed by atoms with Crippen LogP contribution in [0.25, 0.3) is 0 Å². The minimum atomic E-state index is 0.733. The second-order valence-electron chi connectivity index (χ2n) is 4.96. The summed E-state index contributed by atoms with van der Waals surface area (Å²) in [6.07, 6.45) is 11.4. The van der Waals surface area contributed by atoms with Crippen LogP contribution in [0.1, 0.15) is 65.2 Å². The predicted octanol–water partition coefficient (Wildman–Crippen LogP) is 3.74. The molecule has 0 aromatic rings. The molecule has 0 aromatic carbocycles. The molecule has 1 heteroatoms. The van der Waals surface area contributed by atoms with Crippen LogP contribution < -0.4 is 5.32 Å². The highest BCUT2D eigenvalue weighted by Gasteiger charge is 2.13. The van der Waals surface area contributed by atoms with E-state index in [1.54, 1.807) is 0 Å². The van der Waals surface area contributed by atoms with Gasteiger partial charge in [0.1, 0.15) is 0 Å². The Bertz CT molecular complexity index is 127. The van der Waals surface area contributed by atoms with Crippen LogP contribution in [0.4, 0.5) is 0 Å². The molecule has 14 heavy (non-hydrogen) atoms. The first-order chi connectivity index (χ1) is 6.83. The minimum absolute atomic E-state index is 0.733. The van der Waals surface area contributed by atoms with Crippen molar-refractivity contribution >= 4 is 0 Å². The molecule has 0 bridgehead atoms. The van der Waals surface area contributed by atoms with E-state index in [0.29, 0.717) is 0 Å². The lowest BCUT2D eigenvalue weighted by Gasteiger charge is -2.24. The Morgan fingerprint density at radius 3 is 2.57 bits per heavy atom. The van der Waals surface area contributed by atoms with Crippen molar-refractivity contribution in [1.29, 1.82) is 0 Å². The van der Waals surface area contributed by atoms with Crippen molar-refractivity contribution in [3.8, 4) is 0 Å². The smallest absolute Gasteiger partial charge is 0.00388 e. The van der Waals surface area contributed by atoms with E-state index >= 15 is 0 Å². The monoisotopic (exact) mass is 197 g/mol. The molecule has 1 N–H and O–H groups in total. The lowest BCUT2D eigenvalue weighted by molar-refractivity contribution is 0.326. The molecule has 1 aliphatic carbocycles. The quantitative estimate of drug-likeness (QED) is 0.684. The minimum Gasteiger partial charge on any atom is -0.314 e. The van der Waals surface area contributed by atoms with Crippen molar-refractivity contribution in [2.45, 2.75) is 71.3 Å². The molecule has 84 valence electrons. The molecule has 0 aromatic heterocycles. The van der Waals surface area contributed by atoms with Gasteiger partial charge in [-0.1, -0.05) is 39.0 Å². The van der Waals surface area contributed by atoms with Gasteiger partial charge in [0.15, 0.2) is 0 Å². The Kier molecular flexibility index (Phi) is 6.25. The third-order valence-electron chi connectivity index (χ3n) is 3.47. The first-order valence-corrected chi connectivity index (χ1v) is 6.56. The second kappa shape index (κ2) is 7.28. The molecule has 0 radical (unpaired) electrons. The normalized spacial score (nSPS) is 21.0. The molecule has 1 aliphatic rings. The molecular weight excluding hydrogens is 170 g/mol. The number of rotatable bonds is 6. The number of nitrogens with one attached hydrogen (secondary N) is 1. The van der Waals surface area contributed by atoms with Crippen molar-refractivity contribution in [3.05, 3.63) is 0 Å². The van der Waals surface area contributed by atoms with Gasteiger partial charge in [0.2, 0.25) is 0 Å². The highest BCUT2D eigenvalue weighted by molar-refractivity contribution is 4.70. The van der Waals surface area contributed by atoms with Gasteiger partial charge in [-0.25, -0.2) is 0 Å². The summed E-state index contributed by atoms with van der Waals surface area (Å²) in [7, 11) is 0. The lowest BCUT2D eigenvalue weighted by atomic mass is 9.89. The van der Waals surface area contributed by atoms with Gasteiger partial charge in [0, 0.05) is 6.04 Å². The molecule has 0 amide bonds. The van der Waals surface area contributed by atoms with Gasteiger partial charge in [-0.15, -0.1) is 0 Å². The van der Waals surface area contributed by atoms with Gasteiger partial charge in [-0.2, -0.15) is 0 Å². The molecule has 0 aliphatic heterocycles. The van der Waals surface area contributed by atoms with Crippen LogP contribution in [0.15, 0.2) is 0 Å². The summed E-state index contributed by atoms with van der Waals surface area (Å²) in [4.78, 5) is 0. The molecular formula is C13H27N. The standard InChI is InChI=1S/C13H27N/c1-3-4-8-12(2)14-11-13-9-6-5-7-10-13/h12-14H,3-11H2,1-2H3/t12-/m1/s1. The summed E-state index contributed by atoms with van der Waals surface area (Å²) in [6.45, 7) is 5.87. The van der Waals surface area contributed by atoms with E-state index in [0.717, 1.165) is 12.0 Å². The van der Waals surface area contributed by atoms with Gasteiger partial charge < -0.3 is 5.32 Å². The first-order valence-electron chi connectivity index (χ1n) is 6.56.